The Hall–Kier alpha value is -2.78. The molecule has 0 saturated carbocycles. The van der Waals surface area contributed by atoms with Crippen molar-refractivity contribution < 1.29 is 33.4 Å². The van der Waals surface area contributed by atoms with Gasteiger partial charge in [-0.1, -0.05) is 0 Å². The van der Waals surface area contributed by atoms with E-state index in [2.05, 4.69) is 0 Å². The molecule has 2 atom stereocenters. The van der Waals surface area contributed by atoms with Crippen molar-refractivity contribution in [2.24, 2.45) is 0 Å². The van der Waals surface area contributed by atoms with Gasteiger partial charge in [-0.25, -0.2) is 4.79 Å². The first kappa shape index (κ1) is 21.9. The number of ether oxygens (including phenoxy) is 3. The van der Waals surface area contributed by atoms with Gasteiger partial charge in [0.1, 0.15) is 0 Å². The van der Waals surface area contributed by atoms with E-state index < -0.39 is 24.4 Å². The van der Waals surface area contributed by atoms with E-state index >= 15 is 0 Å². The van der Waals surface area contributed by atoms with Gasteiger partial charge >= 0.3 is 5.97 Å². The lowest BCUT2D eigenvalue weighted by Gasteiger charge is -2.35. The van der Waals surface area contributed by atoms with Gasteiger partial charge in [0, 0.05) is 33.4 Å². The second-order valence-corrected chi connectivity index (χ2v) is 7.50. The molecule has 0 N–H and O–H groups in total. The Labute approximate surface area is 174 Å². The molecule has 3 amide bonds. The van der Waals surface area contributed by atoms with Crippen molar-refractivity contribution in [3.05, 3.63) is 34.9 Å². The average molecular weight is 418 g/mol. The van der Waals surface area contributed by atoms with Gasteiger partial charge in [0.2, 0.25) is 0 Å². The van der Waals surface area contributed by atoms with E-state index in [0.717, 1.165) is 4.90 Å². The maximum absolute atomic E-state index is 12.5. The van der Waals surface area contributed by atoms with Crippen molar-refractivity contribution in [3.8, 4) is 0 Å². The lowest BCUT2D eigenvalue weighted by molar-refractivity contribution is -0.146. The number of amides is 3. The van der Waals surface area contributed by atoms with Crippen LogP contribution in [0.1, 0.15) is 51.3 Å². The summed E-state index contributed by atoms with van der Waals surface area (Å²) in [5.74, 6) is -1.87. The van der Waals surface area contributed by atoms with E-state index in [4.69, 9.17) is 14.2 Å². The zero-order valence-electron chi connectivity index (χ0n) is 17.4. The molecule has 9 heteroatoms. The standard InChI is InChI=1S/C21H26N2O7/c1-13-10-22(11-14(2)30-13)18(24)12-29-21(27)15-5-6-16-17(9-15)20(26)23(19(16)25)7-4-8-28-3/h5-6,9,13-14H,4,7-8,10-12H2,1-3H3/t13-,14+. The maximum Gasteiger partial charge on any atom is 0.338 e. The third kappa shape index (κ3) is 4.68. The van der Waals surface area contributed by atoms with Crippen LogP contribution in [0.25, 0.3) is 0 Å². The van der Waals surface area contributed by atoms with Crippen LogP contribution in [0.2, 0.25) is 0 Å². The zero-order chi connectivity index (χ0) is 21.8. The predicted molar refractivity (Wildman–Crippen MR) is 105 cm³/mol. The number of morpholine rings is 1. The minimum absolute atomic E-state index is 0.0829. The first-order chi connectivity index (χ1) is 14.3. The van der Waals surface area contributed by atoms with E-state index in [1.165, 1.54) is 18.2 Å². The summed E-state index contributed by atoms with van der Waals surface area (Å²) in [6, 6.07) is 4.21. The van der Waals surface area contributed by atoms with Crippen LogP contribution >= 0.6 is 0 Å². The maximum atomic E-state index is 12.5. The summed E-state index contributed by atoms with van der Waals surface area (Å²) in [5.41, 5.74) is 0.528. The van der Waals surface area contributed by atoms with Crippen LogP contribution in [0, 0.1) is 0 Å². The number of esters is 1. The summed E-state index contributed by atoms with van der Waals surface area (Å²) >= 11 is 0. The molecule has 1 aromatic rings. The number of carbonyl (C=O) groups excluding carboxylic acids is 4. The molecule has 30 heavy (non-hydrogen) atoms. The van der Waals surface area contributed by atoms with E-state index in [0.29, 0.717) is 26.1 Å². The molecule has 0 unspecified atom stereocenters. The quantitative estimate of drug-likeness (QED) is 0.371. The highest BCUT2D eigenvalue weighted by atomic mass is 16.5. The molecule has 9 nitrogen and oxygen atoms in total. The summed E-state index contributed by atoms with van der Waals surface area (Å²) < 4.78 is 15.7. The highest BCUT2D eigenvalue weighted by Gasteiger charge is 2.36. The highest BCUT2D eigenvalue weighted by Crippen LogP contribution is 2.24. The SMILES string of the molecule is COCCCN1C(=O)c2ccc(C(=O)OCC(=O)N3C[C@@H](C)O[C@@H](C)C3)cc2C1=O. The van der Waals surface area contributed by atoms with Crippen LogP contribution in [-0.2, 0) is 19.0 Å². The topological polar surface area (TPSA) is 102 Å². The van der Waals surface area contributed by atoms with E-state index in [1.54, 1.807) is 12.0 Å². The Morgan fingerprint density at radius 2 is 1.77 bits per heavy atom. The molecular formula is C21H26N2O7. The number of fused-ring (bicyclic) bond motifs is 1. The Kier molecular flexibility index (Phi) is 6.84. The first-order valence-corrected chi connectivity index (χ1v) is 9.91. The average Bonchev–Trinajstić information content (AvgIpc) is 2.95. The molecule has 2 aliphatic heterocycles. The van der Waals surface area contributed by atoms with E-state index in [9.17, 15) is 19.2 Å². The molecular weight excluding hydrogens is 392 g/mol. The number of rotatable bonds is 7. The van der Waals surface area contributed by atoms with Gasteiger partial charge in [-0.05, 0) is 38.5 Å². The normalized spacial score (nSPS) is 21.0. The van der Waals surface area contributed by atoms with Crippen LogP contribution in [0.3, 0.4) is 0 Å². The summed E-state index contributed by atoms with van der Waals surface area (Å²) in [4.78, 5) is 52.5. The van der Waals surface area contributed by atoms with Crippen LogP contribution in [0.4, 0.5) is 0 Å². The number of imide groups is 1. The molecule has 2 heterocycles. The molecule has 162 valence electrons. The Morgan fingerprint density at radius 1 is 1.10 bits per heavy atom. The van der Waals surface area contributed by atoms with Gasteiger partial charge in [-0.15, -0.1) is 0 Å². The molecule has 3 rings (SSSR count). The molecule has 2 aliphatic rings. The van der Waals surface area contributed by atoms with Crippen LogP contribution in [-0.4, -0.2) is 85.7 Å². The number of nitrogens with zero attached hydrogens (tertiary/aromatic N) is 2. The van der Waals surface area contributed by atoms with Crippen molar-refractivity contribution >= 4 is 23.7 Å². The van der Waals surface area contributed by atoms with Crippen molar-refractivity contribution in [1.29, 1.82) is 0 Å². The molecule has 0 aromatic heterocycles. The molecule has 0 radical (unpaired) electrons. The van der Waals surface area contributed by atoms with Gasteiger partial charge in [0.05, 0.1) is 28.9 Å². The van der Waals surface area contributed by atoms with Crippen molar-refractivity contribution in [2.45, 2.75) is 32.5 Å². The first-order valence-electron chi connectivity index (χ1n) is 9.91. The smallest absolute Gasteiger partial charge is 0.338 e. The van der Waals surface area contributed by atoms with Crippen molar-refractivity contribution in [1.82, 2.24) is 9.80 Å². The fraction of sp³-hybridized carbons (Fsp3) is 0.524. The third-order valence-corrected chi connectivity index (χ3v) is 5.04. The minimum atomic E-state index is -0.724. The third-order valence-electron chi connectivity index (χ3n) is 5.04. The molecule has 0 spiro atoms. The fourth-order valence-corrected chi connectivity index (χ4v) is 3.67. The molecule has 1 fully saturated rings. The summed E-state index contributed by atoms with van der Waals surface area (Å²) in [7, 11) is 1.55. The monoisotopic (exact) mass is 418 g/mol. The summed E-state index contributed by atoms with van der Waals surface area (Å²) in [5, 5.41) is 0. The number of carbonyl (C=O) groups is 4. The Bertz CT molecular complexity index is 844. The minimum Gasteiger partial charge on any atom is -0.452 e. The largest absolute Gasteiger partial charge is 0.452 e. The van der Waals surface area contributed by atoms with Crippen LogP contribution < -0.4 is 0 Å². The van der Waals surface area contributed by atoms with Crippen LogP contribution in [0.15, 0.2) is 18.2 Å². The lowest BCUT2D eigenvalue weighted by atomic mass is 10.1. The Balaban J connectivity index is 1.61. The van der Waals surface area contributed by atoms with E-state index in [-0.39, 0.29) is 41.4 Å². The fourth-order valence-electron chi connectivity index (χ4n) is 3.67. The van der Waals surface area contributed by atoms with Crippen LogP contribution in [0.5, 0.6) is 0 Å². The summed E-state index contributed by atoms with van der Waals surface area (Å²) in [6.45, 7) is 4.91. The molecule has 0 bridgehead atoms. The van der Waals surface area contributed by atoms with Gasteiger partial charge < -0.3 is 19.1 Å². The van der Waals surface area contributed by atoms with Gasteiger partial charge in [0.25, 0.3) is 17.7 Å². The zero-order valence-corrected chi connectivity index (χ0v) is 17.4. The number of methoxy groups -OCH3 is 1. The Morgan fingerprint density at radius 3 is 2.43 bits per heavy atom. The van der Waals surface area contributed by atoms with Gasteiger partial charge in [0.15, 0.2) is 6.61 Å². The second-order valence-electron chi connectivity index (χ2n) is 7.50. The predicted octanol–water partition coefficient (Wildman–Crippen LogP) is 1.11. The number of benzene rings is 1. The van der Waals surface area contributed by atoms with Crippen molar-refractivity contribution in [2.75, 3.05) is 40.0 Å². The molecule has 1 aromatic carbocycles. The molecule has 0 aliphatic carbocycles. The van der Waals surface area contributed by atoms with Gasteiger partial charge in [-0.3, -0.25) is 19.3 Å². The summed E-state index contributed by atoms with van der Waals surface area (Å²) in [6.07, 6.45) is 0.360. The van der Waals surface area contributed by atoms with Gasteiger partial charge in [-0.2, -0.15) is 0 Å². The number of hydrogen-bond acceptors (Lipinski definition) is 7. The van der Waals surface area contributed by atoms with Crippen molar-refractivity contribution in [3.63, 3.8) is 0 Å². The van der Waals surface area contributed by atoms with E-state index in [1.807, 2.05) is 13.8 Å². The second kappa shape index (κ2) is 9.36. The highest BCUT2D eigenvalue weighted by molar-refractivity contribution is 6.21. The number of hydrogen-bond donors (Lipinski definition) is 0. The molecule has 1 saturated heterocycles. The lowest BCUT2D eigenvalue weighted by Crippen LogP contribution is -2.49.